The number of ketones is 1. The van der Waals surface area contributed by atoms with Gasteiger partial charge < -0.3 is 5.32 Å². The maximum Gasteiger partial charge on any atom is 0.163 e. The molecule has 0 aliphatic carbocycles. The summed E-state index contributed by atoms with van der Waals surface area (Å²) < 4.78 is 13.1. The Morgan fingerprint density at radius 2 is 2.33 bits per heavy atom. The number of rotatable bonds is 4. The molecule has 1 fully saturated rings. The summed E-state index contributed by atoms with van der Waals surface area (Å²) in [5, 5.41) is 3.35. The molecule has 0 bridgehead atoms. The number of carbonyl (C=O) groups is 1. The molecule has 1 saturated heterocycles. The van der Waals surface area contributed by atoms with Gasteiger partial charge in [-0.05, 0) is 62.9 Å². The molecule has 1 unspecified atom stereocenters. The largest absolute Gasteiger partial charge is 0.316 e. The Bertz CT molecular complexity index is 425. The van der Waals surface area contributed by atoms with E-state index in [0.29, 0.717) is 17.9 Å². The molecule has 1 N–H and O–H groups in total. The van der Waals surface area contributed by atoms with Gasteiger partial charge in [0.2, 0.25) is 0 Å². The lowest BCUT2D eigenvalue weighted by molar-refractivity contribution is 0.0970. The third-order valence-corrected chi connectivity index (χ3v) is 3.68. The van der Waals surface area contributed by atoms with Crippen molar-refractivity contribution < 1.29 is 9.18 Å². The lowest BCUT2D eigenvalue weighted by Gasteiger charge is -2.22. The number of hydrogen-bond acceptors (Lipinski definition) is 2. The summed E-state index contributed by atoms with van der Waals surface area (Å²) in [5.41, 5.74) is 1.40. The molecule has 1 aliphatic rings. The molecule has 2 nitrogen and oxygen atoms in total. The maximum atomic E-state index is 13.1. The zero-order chi connectivity index (χ0) is 13.0. The molecule has 1 atom stereocenters. The molecule has 2 rings (SSSR count). The lowest BCUT2D eigenvalue weighted by Crippen LogP contribution is -2.30. The average Bonchev–Trinajstić information content (AvgIpc) is 2.40. The molecule has 0 radical (unpaired) electrons. The Balaban J connectivity index is 1.92. The first-order valence-electron chi connectivity index (χ1n) is 6.67. The van der Waals surface area contributed by atoms with Crippen LogP contribution in [-0.2, 0) is 0 Å². The van der Waals surface area contributed by atoms with Crippen molar-refractivity contribution in [2.45, 2.75) is 32.6 Å². The normalized spacial score (nSPS) is 19.8. The summed E-state index contributed by atoms with van der Waals surface area (Å²) in [6, 6.07) is 4.43. The van der Waals surface area contributed by atoms with Gasteiger partial charge in [-0.2, -0.15) is 0 Å². The quantitative estimate of drug-likeness (QED) is 0.831. The monoisotopic (exact) mass is 249 g/mol. The molecule has 18 heavy (non-hydrogen) atoms. The van der Waals surface area contributed by atoms with Crippen LogP contribution >= 0.6 is 0 Å². The van der Waals surface area contributed by atoms with E-state index in [1.165, 1.54) is 25.0 Å². The van der Waals surface area contributed by atoms with Crippen molar-refractivity contribution in [3.05, 3.63) is 35.1 Å². The van der Waals surface area contributed by atoms with E-state index in [1.807, 2.05) is 6.92 Å². The Kier molecular flexibility index (Phi) is 4.48. The first kappa shape index (κ1) is 13.2. The van der Waals surface area contributed by atoms with Gasteiger partial charge in [-0.3, -0.25) is 4.79 Å². The molecule has 1 aliphatic heterocycles. The average molecular weight is 249 g/mol. The van der Waals surface area contributed by atoms with Crippen LogP contribution < -0.4 is 5.32 Å². The Hall–Kier alpha value is -1.22. The van der Waals surface area contributed by atoms with Crippen molar-refractivity contribution in [1.29, 1.82) is 0 Å². The number of piperidine rings is 1. The zero-order valence-corrected chi connectivity index (χ0v) is 10.8. The molecule has 0 aromatic heterocycles. The second kappa shape index (κ2) is 6.10. The third-order valence-electron chi connectivity index (χ3n) is 3.68. The molecule has 0 spiro atoms. The zero-order valence-electron chi connectivity index (χ0n) is 10.8. The molecule has 0 amide bonds. The number of benzene rings is 1. The summed E-state index contributed by atoms with van der Waals surface area (Å²) in [6.07, 6.45) is 3.82. The third kappa shape index (κ3) is 3.39. The van der Waals surface area contributed by atoms with Gasteiger partial charge in [-0.15, -0.1) is 0 Å². The van der Waals surface area contributed by atoms with E-state index >= 15 is 0 Å². The van der Waals surface area contributed by atoms with Gasteiger partial charge in [-0.25, -0.2) is 4.39 Å². The number of nitrogens with one attached hydrogen (secondary N) is 1. The smallest absolute Gasteiger partial charge is 0.163 e. The van der Waals surface area contributed by atoms with Gasteiger partial charge in [0.1, 0.15) is 5.82 Å². The van der Waals surface area contributed by atoms with E-state index in [-0.39, 0.29) is 11.6 Å². The lowest BCUT2D eigenvalue weighted by atomic mass is 9.91. The van der Waals surface area contributed by atoms with Gasteiger partial charge in [0, 0.05) is 12.0 Å². The highest BCUT2D eigenvalue weighted by Gasteiger charge is 2.16. The number of Topliss-reactive ketones (excluding diaryl/α,β-unsaturated/α-hetero) is 1. The van der Waals surface area contributed by atoms with Crippen molar-refractivity contribution in [2.24, 2.45) is 5.92 Å². The van der Waals surface area contributed by atoms with Crippen LogP contribution in [0.25, 0.3) is 0 Å². The van der Waals surface area contributed by atoms with Gasteiger partial charge in [0.15, 0.2) is 5.78 Å². The van der Waals surface area contributed by atoms with E-state index < -0.39 is 0 Å². The number of halogens is 1. The topological polar surface area (TPSA) is 29.1 Å². The van der Waals surface area contributed by atoms with Crippen LogP contribution in [0.5, 0.6) is 0 Å². The van der Waals surface area contributed by atoms with Crippen molar-refractivity contribution in [3.8, 4) is 0 Å². The predicted molar refractivity (Wildman–Crippen MR) is 70.3 cm³/mol. The molecule has 1 heterocycles. The van der Waals surface area contributed by atoms with E-state index in [4.69, 9.17) is 0 Å². The maximum absolute atomic E-state index is 13.1. The number of aryl methyl sites for hydroxylation is 1. The van der Waals surface area contributed by atoms with Crippen LogP contribution in [0.1, 0.15) is 41.6 Å². The number of carbonyl (C=O) groups excluding carboxylic acids is 1. The minimum Gasteiger partial charge on any atom is -0.316 e. The van der Waals surface area contributed by atoms with Crippen LogP contribution in [0.4, 0.5) is 4.39 Å². The van der Waals surface area contributed by atoms with Crippen LogP contribution in [0, 0.1) is 18.7 Å². The van der Waals surface area contributed by atoms with Gasteiger partial charge in [0.25, 0.3) is 0 Å². The van der Waals surface area contributed by atoms with Crippen molar-refractivity contribution >= 4 is 5.78 Å². The highest BCUT2D eigenvalue weighted by molar-refractivity contribution is 5.97. The highest BCUT2D eigenvalue weighted by Crippen LogP contribution is 2.19. The van der Waals surface area contributed by atoms with Crippen LogP contribution in [0.2, 0.25) is 0 Å². The fourth-order valence-corrected chi connectivity index (χ4v) is 2.53. The summed E-state index contributed by atoms with van der Waals surface area (Å²) in [6.45, 7) is 3.96. The SMILES string of the molecule is Cc1ccc(F)cc1C(=O)CCC1CCCNC1. The minimum atomic E-state index is -0.330. The van der Waals surface area contributed by atoms with Crippen molar-refractivity contribution in [1.82, 2.24) is 5.32 Å². The fraction of sp³-hybridized carbons (Fsp3) is 0.533. The predicted octanol–water partition coefficient (Wildman–Crippen LogP) is 3.10. The molecule has 3 heteroatoms. The van der Waals surface area contributed by atoms with E-state index in [9.17, 15) is 9.18 Å². The molecular formula is C15H20FNO. The molecule has 98 valence electrons. The minimum absolute atomic E-state index is 0.0672. The Morgan fingerprint density at radius 1 is 1.50 bits per heavy atom. The summed E-state index contributed by atoms with van der Waals surface area (Å²) >= 11 is 0. The molecule has 0 saturated carbocycles. The molecule has 1 aromatic rings. The Morgan fingerprint density at radius 3 is 3.06 bits per heavy atom. The molecular weight excluding hydrogens is 229 g/mol. The Labute approximate surface area is 108 Å². The van der Waals surface area contributed by atoms with Crippen molar-refractivity contribution in [2.75, 3.05) is 13.1 Å². The standard InChI is InChI=1S/C15H20FNO/c1-11-4-6-13(16)9-14(11)15(18)7-5-12-3-2-8-17-10-12/h4,6,9,12,17H,2-3,5,7-8,10H2,1H3. The molecule has 1 aromatic carbocycles. The summed E-state index contributed by atoms with van der Waals surface area (Å²) in [4.78, 5) is 12.1. The van der Waals surface area contributed by atoms with Crippen LogP contribution in [0.3, 0.4) is 0 Å². The van der Waals surface area contributed by atoms with E-state index in [2.05, 4.69) is 5.32 Å². The summed E-state index contributed by atoms with van der Waals surface area (Å²) in [5.74, 6) is 0.331. The van der Waals surface area contributed by atoms with Crippen molar-refractivity contribution in [3.63, 3.8) is 0 Å². The van der Waals surface area contributed by atoms with E-state index in [1.54, 1.807) is 6.07 Å². The first-order valence-corrected chi connectivity index (χ1v) is 6.67. The van der Waals surface area contributed by atoms with E-state index in [0.717, 1.165) is 25.1 Å². The summed E-state index contributed by atoms with van der Waals surface area (Å²) in [7, 11) is 0. The second-order valence-corrected chi connectivity index (χ2v) is 5.13. The highest BCUT2D eigenvalue weighted by atomic mass is 19.1. The van der Waals surface area contributed by atoms with Gasteiger partial charge in [0.05, 0.1) is 0 Å². The van der Waals surface area contributed by atoms with Crippen LogP contribution in [0.15, 0.2) is 18.2 Å². The fourth-order valence-electron chi connectivity index (χ4n) is 2.53. The number of hydrogen-bond donors (Lipinski definition) is 1. The van der Waals surface area contributed by atoms with Gasteiger partial charge >= 0.3 is 0 Å². The second-order valence-electron chi connectivity index (χ2n) is 5.13. The first-order chi connectivity index (χ1) is 8.66. The van der Waals surface area contributed by atoms with Crippen LogP contribution in [-0.4, -0.2) is 18.9 Å². The van der Waals surface area contributed by atoms with Gasteiger partial charge in [-0.1, -0.05) is 6.07 Å².